The molecule has 96 valence electrons. The molecule has 0 aliphatic carbocycles. The van der Waals surface area contributed by atoms with E-state index in [1.807, 2.05) is 0 Å². The average Bonchev–Trinajstić information content (AvgIpc) is 2.28. The van der Waals surface area contributed by atoms with Crippen LogP contribution in [0.15, 0.2) is 23.1 Å². The highest BCUT2D eigenvalue weighted by Crippen LogP contribution is 2.23. The number of benzene rings is 1. The van der Waals surface area contributed by atoms with Crippen molar-refractivity contribution in [1.82, 2.24) is 4.72 Å². The lowest BCUT2D eigenvalue weighted by molar-refractivity contribution is 0.576. The van der Waals surface area contributed by atoms with E-state index in [-0.39, 0.29) is 9.92 Å². The molecule has 0 bridgehead atoms. The zero-order valence-corrected chi connectivity index (χ0v) is 11.3. The lowest BCUT2D eigenvalue weighted by Crippen LogP contribution is -2.25. The predicted molar refractivity (Wildman–Crippen MR) is 70.6 cm³/mol. The summed E-state index contributed by atoms with van der Waals surface area (Å²) in [4.78, 5) is 0.0377. The van der Waals surface area contributed by atoms with Crippen molar-refractivity contribution in [3.63, 3.8) is 0 Å². The van der Waals surface area contributed by atoms with Gasteiger partial charge in [0.05, 0.1) is 5.02 Å². The van der Waals surface area contributed by atoms with Crippen molar-refractivity contribution in [2.45, 2.75) is 31.1 Å². The van der Waals surface area contributed by atoms with E-state index in [4.69, 9.17) is 17.3 Å². The van der Waals surface area contributed by atoms with Crippen LogP contribution in [0.3, 0.4) is 0 Å². The van der Waals surface area contributed by atoms with E-state index in [1.165, 1.54) is 12.1 Å². The van der Waals surface area contributed by atoms with Gasteiger partial charge in [0.25, 0.3) is 0 Å². The maximum atomic E-state index is 11.9. The first kappa shape index (κ1) is 14.3. The monoisotopic (exact) mass is 276 g/mol. The van der Waals surface area contributed by atoms with Crippen LogP contribution >= 0.6 is 11.6 Å². The third kappa shape index (κ3) is 4.18. The third-order valence-corrected chi connectivity index (χ3v) is 4.26. The van der Waals surface area contributed by atoms with Gasteiger partial charge >= 0.3 is 0 Å². The second-order valence-corrected chi connectivity index (χ2v) is 5.94. The van der Waals surface area contributed by atoms with Crippen LogP contribution in [0.1, 0.15) is 26.2 Å². The number of anilines is 1. The summed E-state index contributed by atoms with van der Waals surface area (Å²) in [6.07, 6.45) is 2.85. The molecule has 0 atom stereocenters. The van der Waals surface area contributed by atoms with E-state index in [1.54, 1.807) is 6.07 Å². The van der Waals surface area contributed by atoms with Crippen LogP contribution in [-0.4, -0.2) is 15.0 Å². The molecule has 0 spiro atoms. The molecule has 1 aromatic carbocycles. The summed E-state index contributed by atoms with van der Waals surface area (Å²) in [7, 11) is -3.56. The molecular formula is C11H17ClN2O2S. The van der Waals surface area contributed by atoms with Crippen LogP contribution in [0.4, 0.5) is 5.69 Å². The number of nitrogens with two attached hydrogens (primary N) is 1. The molecule has 0 unspecified atom stereocenters. The minimum Gasteiger partial charge on any atom is -0.399 e. The molecule has 0 radical (unpaired) electrons. The Hall–Kier alpha value is -0.780. The lowest BCUT2D eigenvalue weighted by atomic mass is 10.3. The first-order valence-electron chi connectivity index (χ1n) is 5.52. The number of unbranched alkanes of at least 4 members (excludes halogenated alkanes) is 2. The fourth-order valence-corrected chi connectivity index (χ4v) is 2.99. The van der Waals surface area contributed by atoms with Crippen LogP contribution in [-0.2, 0) is 10.0 Å². The molecule has 17 heavy (non-hydrogen) atoms. The van der Waals surface area contributed by atoms with E-state index in [0.717, 1.165) is 19.3 Å². The van der Waals surface area contributed by atoms with Crippen LogP contribution in [0.25, 0.3) is 0 Å². The predicted octanol–water partition coefficient (Wildman–Crippen LogP) is 2.39. The number of rotatable bonds is 6. The van der Waals surface area contributed by atoms with Crippen LogP contribution in [0.2, 0.25) is 5.02 Å². The third-order valence-electron chi connectivity index (χ3n) is 2.32. The number of nitrogens with one attached hydrogen (secondary N) is 1. The molecule has 6 heteroatoms. The average molecular weight is 277 g/mol. The van der Waals surface area contributed by atoms with Crippen molar-refractivity contribution >= 4 is 27.3 Å². The number of hydrogen-bond donors (Lipinski definition) is 2. The normalized spacial score (nSPS) is 11.6. The van der Waals surface area contributed by atoms with Gasteiger partial charge in [-0.05, 0) is 24.6 Å². The largest absolute Gasteiger partial charge is 0.399 e. The van der Waals surface area contributed by atoms with Gasteiger partial charge < -0.3 is 5.73 Å². The summed E-state index contributed by atoms with van der Waals surface area (Å²) in [6.45, 7) is 2.48. The van der Waals surface area contributed by atoms with Crippen molar-refractivity contribution in [3.05, 3.63) is 23.2 Å². The molecule has 0 heterocycles. The standard InChI is InChI=1S/C11H17ClN2O2S/c1-2-3-4-7-14-17(15,16)11-8-9(13)5-6-10(11)12/h5-6,8,14H,2-4,7,13H2,1H3. The molecule has 4 nitrogen and oxygen atoms in total. The Morgan fingerprint density at radius 1 is 1.35 bits per heavy atom. The summed E-state index contributed by atoms with van der Waals surface area (Å²) in [6, 6.07) is 4.42. The van der Waals surface area contributed by atoms with Gasteiger partial charge in [-0.2, -0.15) is 0 Å². The van der Waals surface area contributed by atoms with E-state index in [0.29, 0.717) is 12.2 Å². The first-order chi connectivity index (χ1) is 7.97. The summed E-state index contributed by atoms with van der Waals surface area (Å²) < 4.78 is 26.3. The van der Waals surface area contributed by atoms with Gasteiger partial charge in [0.15, 0.2) is 0 Å². The topological polar surface area (TPSA) is 72.2 Å². The fourth-order valence-electron chi connectivity index (χ4n) is 1.39. The Morgan fingerprint density at radius 2 is 2.06 bits per heavy atom. The summed E-state index contributed by atoms with van der Waals surface area (Å²) >= 11 is 5.85. The number of halogens is 1. The highest BCUT2D eigenvalue weighted by Gasteiger charge is 2.17. The SMILES string of the molecule is CCCCCNS(=O)(=O)c1cc(N)ccc1Cl. The Morgan fingerprint density at radius 3 is 2.71 bits per heavy atom. The Labute approximate surface area is 107 Å². The van der Waals surface area contributed by atoms with E-state index in [2.05, 4.69) is 11.6 Å². The van der Waals surface area contributed by atoms with Crippen LogP contribution < -0.4 is 10.5 Å². The summed E-state index contributed by atoms with van der Waals surface area (Å²) in [5.74, 6) is 0. The first-order valence-corrected chi connectivity index (χ1v) is 7.38. The Kier molecular flexibility index (Phi) is 5.24. The Bertz CT molecular complexity index is 474. The molecule has 0 aromatic heterocycles. The molecule has 0 aliphatic rings. The number of nitrogen functional groups attached to an aromatic ring is 1. The summed E-state index contributed by atoms with van der Waals surface area (Å²) in [5, 5.41) is 0.183. The highest BCUT2D eigenvalue weighted by molar-refractivity contribution is 7.89. The van der Waals surface area contributed by atoms with Crippen LogP contribution in [0, 0.1) is 0 Å². The molecular weight excluding hydrogens is 260 g/mol. The van der Waals surface area contributed by atoms with E-state index < -0.39 is 10.0 Å². The quantitative estimate of drug-likeness (QED) is 0.619. The van der Waals surface area contributed by atoms with Crippen molar-refractivity contribution in [2.24, 2.45) is 0 Å². The van der Waals surface area contributed by atoms with E-state index in [9.17, 15) is 8.42 Å². The molecule has 0 saturated heterocycles. The van der Waals surface area contributed by atoms with Gasteiger partial charge in [0, 0.05) is 12.2 Å². The molecule has 0 fully saturated rings. The van der Waals surface area contributed by atoms with Crippen LogP contribution in [0.5, 0.6) is 0 Å². The zero-order valence-electron chi connectivity index (χ0n) is 9.74. The fraction of sp³-hybridized carbons (Fsp3) is 0.455. The van der Waals surface area contributed by atoms with Crippen molar-refractivity contribution < 1.29 is 8.42 Å². The molecule has 3 N–H and O–H groups in total. The minimum absolute atomic E-state index is 0.0377. The van der Waals surface area contributed by atoms with Crippen molar-refractivity contribution in [2.75, 3.05) is 12.3 Å². The second-order valence-electron chi connectivity index (χ2n) is 3.79. The maximum absolute atomic E-state index is 11.9. The lowest BCUT2D eigenvalue weighted by Gasteiger charge is -2.08. The minimum atomic E-state index is -3.56. The molecule has 1 aromatic rings. The van der Waals surface area contributed by atoms with Gasteiger partial charge in [-0.25, -0.2) is 13.1 Å². The molecule has 0 aliphatic heterocycles. The second kappa shape index (κ2) is 6.23. The van der Waals surface area contributed by atoms with Gasteiger partial charge in [-0.1, -0.05) is 31.4 Å². The van der Waals surface area contributed by atoms with Crippen molar-refractivity contribution in [1.29, 1.82) is 0 Å². The van der Waals surface area contributed by atoms with Gasteiger partial charge in [-0.3, -0.25) is 0 Å². The molecule has 1 rings (SSSR count). The zero-order chi connectivity index (χ0) is 12.9. The molecule has 0 saturated carbocycles. The molecule has 0 amide bonds. The smallest absolute Gasteiger partial charge is 0.242 e. The Balaban J connectivity index is 2.79. The summed E-state index contributed by atoms with van der Waals surface area (Å²) in [5.41, 5.74) is 5.93. The van der Waals surface area contributed by atoms with Gasteiger partial charge in [0.2, 0.25) is 10.0 Å². The highest BCUT2D eigenvalue weighted by atomic mass is 35.5. The van der Waals surface area contributed by atoms with Crippen molar-refractivity contribution in [3.8, 4) is 0 Å². The van der Waals surface area contributed by atoms with Gasteiger partial charge in [-0.15, -0.1) is 0 Å². The number of sulfonamides is 1. The number of hydrogen-bond acceptors (Lipinski definition) is 3. The van der Waals surface area contributed by atoms with E-state index >= 15 is 0 Å². The van der Waals surface area contributed by atoms with Gasteiger partial charge in [0.1, 0.15) is 4.90 Å². The maximum Gasteiger partial charge on any atom is 0.242 e.